The maximum absolute atomic E-state index is 11.7. The minimum absolute atomic E-state index is 0.326. The van der Waals surface area contributed by atoms with E-state index in [2.05, 4.69) is 10.3 Å². The van der Waals surface area contributed by atoms with Crippen LogP contribution < -0.4 is 14.8 Å². The summed E-state index contributed by atoms with van der Waals surface area (Å²) in [6.07, 6.45) is -0.453. The van der Waals surface area contributed by atoms with Gasteiger partial charge < -0.3 is 19.5 Å². The number of hydrogen-bond donors (Lipinski definition) is 1. The summed E-state index contributed by atoms with van der Waals surface area (Å²) in [5.41, 5.74) is 1.23. The molecular weight excluding hydrogens is 328 g/mol. The lowest BCUT2D eigenvalue weighted by Gasteiger charge is -2.19. The molecule has 1 aromatic heterocycles. The molecule has 1 aromatic carbocycles. The molecule has 0 bridgehead atoms. The Hall–Kier alpha value is -2.28. The average molecular weight is 350 g/mol. The second-order valence-corrected chi connectivity index (χ2v) is 6.99. The Morgan fingerprint density at radius 1 is 1.21 bits per heavy atom. The van der Waals surface area contributed by atoms with Crippen molar-refractivity contribution >= 4 is 17.4 Å². The molecule has 24 heavy (non-hydrogen) atoms. The van der Waals surface area contributed by atoms with E-state index in [1.54, 1.807) is 14.2 Å². The average Bonchev–Trinajstić information content (AvgIpc) is 2.99. The zero-order chi connectivity index (χ0) is 17.7. The quantitative estimate of drug-likeness (QED) is 0.887. The number of methoxy groups -OCH3 is 2. The van der Waals surface area contributed by atoms with Crippen molar-refractivity contribution in [1.82, 2.24) is 10.3 Å². The first-order valence-electron chi connectivity index (χ1n) is 7.46. The van der Waals surface area contributed by atoms with Crippen LogP contribution in [-0.4, -0.2) is 30.9 Å². The van der Waals surface area contributed by atoms with Crippen molar-refractivity contribution in [2.45, 2.75) is 32.9 Å². The van der Waals surface area contributed by atoms with E-state index in [-0.39, 0.29) is 0 Å². The summed E-state index contributed by atoms with van der Waals surface area (Å²) in [4.78, 5) is 16.2. The van der Waals surface area contributed by atoms with Crippen LogP contribution >= 0.6 is 11.3 Å². The molecule has 0 aliphatic heterocycles. The molecule has 1 N–H and O–H groups in total. The van der Waals surface area contributed by atoms with Crippen molar-refractivity contribution in [3.8, 4) is 22.8 Å². The van der Waals surface area contributed by atoms with Crippen LogP contribution in [0.4, 0.5) is 4.79 Å². The topological polar surface area (TPSA) is 69.7 Å². The molecule has 1 heterocycles. The minimum atomic E-state index is -0.516. The summed E-state index contributed by atoms with van der Waals surface area (Å²) in [6.45, 7) is 5.80. The number of ether oxygens (including phenoxy) is 3. The normalized spacial score (nSPS) is 11.0. The summed E-state index contributed by atoms with van der Waals surface area (Å²) in [5.74, 6) is 1.32. The maximum Gasteiger partial charge on any atom is 0.408 e. The molecule has 0 fully saturated rings. The van der Waals surface area contributed by atoms with Crippen LogP contribution in [0, 0.1) is 0 Å². The maximum atomic E-state index is 11.7. The van der Waals surface area contributed by atoms with Crippen molar-refractivity contribution in [2.24, 2.45) is 0 Å². The minimum Gasteiger partial charge on any atom is -0.493 e. The molecule has 0 aliphatic rings. The lowest BCUT2D eigenvalue weighted by molar-refractivity contribution is 0.0523. The van der Waals surface area contributed by atoms with Crippen LogP contribution in [0.2, 0.25) is 0 Å². The second kappa shape index (κ2) is 7.53. The monoisotopic (exact) mass is 350 g/mol. The Morgan fingerprint density at radius 3 is 2.54 bits per heavy atom. The van der Waals surface area contributed by atoms with Crippen LogP contribution in [0.3, 0.4) is 0 Å². The van der Waals surface area contributed by atoms with E-state index in [1.807, 2.05) is 44.4 Å². The first kappa shape index (κ1) is 18.1. The first-order chi connectivity index (χ1) is 11.3. The lowest BCUT2D eigenvalue weighted by Crippen LogP contribution is -2.32. The van der Waals surface area contributed by atoms with Gasteiger partial charge in [0.25, 0.3) is 0 Å². The van der Waals surface area contributed by atoms with Gasteiger partial charge in [-0.05, 0) is 39.0 Å². The van der Waals surface area contributed by atoms with Crippen molar-refractivity contribution in [3.63, 3.8) is 0 Å². The number of rotatable bonds is 5. The van der Waals surface area contributed by atoms with Gasteiger partial charge in [0.05, 0.1) is 26.5 Å². The van der Waals surface area contributed by atoms with E-state index in [4.69, 9.17) is 14.2 Å². The first-order valence-corrected chi connectivity index (χ1v) is 8.34. The van der Waals surface area contributed by atoms with Gasteiger partial charge in [-0.25, -0.2) is 9.78 Å². The zero-order valence-corrected chi connectivity index (χ0v) is 15.3. The molecule has 0 unspecified atom stereocenters. The van der Waals surface area contributed by atoms with Gasteiger partial charge >= 0.3 is 6.09 Å². The van der Waals surface area contributed by atoms with Crippen LogP contribution in [0.1, 0.15) is 25.8 Å². The van der Waals surface area contributed by atoms with Gasteiger partial charge in [-0.15, -0.1) is 11.3 Å². The number of carbonyl (C=O) groups excluding carboxylic acids is 1. The highest BCUT2D eigenvalue weighted by Crippen LogP contribution is 2.32. The third-order valence-corrected chi connectivity index (χ3v) is 3.86. The second-order valence-electron chi connectivity index (χ2n) is 6.05. The van der Waals surface area contributed by atoms with E-state index in [0.717, 1.165) is 16.3 Å². The summed E-state index contributed by atoms with van der Waals surface area (Å²) in [6, 6.07) is 5.63. The highest BCUT2D eigenvalue weighted by Gasteiger charge is 2.16. The fourth-order valence-electron chi connectivity index (χ4n) is 1.98. The standard InChI is InChI=1S/C17H22N2O4S/c1-17(2,3)23-16(20)18-9-15-19-12(10-24-15)11-6-7-13(21-4)14(8-11)22-5/h6-8,10H,9H2,1-5H3,(H,18,20). The van der Waals surface area contributed by atoms with Gasteiger partial charge in [-0.3, -0.25) is 0 Å². The highest BCUT2D eigenvalue weighted by atomic mass is 32.1. The smallest absolute Gasteiger partial charge is 0.408 e. The van der Waals surface area contributed by atoms with Crippen LogP contribution in [0.15, 0.2) is 23.6 Å². The van der Waals surface area contributed by atoms with Crippen molar-refractivity contribution in [3.05, 3.63) is 28.6 Å². The number of nitrogens with zero attached hydrogens (tertiary/aromatic N) is 1. The summed E-state index contributed by atoms with van der Waals surface area (Å²) >= 11 is 1.47. The highest BCUT2D eigenvalue weighted by molar-refractivity contribution is 7.09. The lowest BCUT2D eigenvalue weighted by atomic mass is 10.1. The SMILES string of the molecule is COc1ccc(-c2csc(CNC(=O)OC(C)(C)C)n2)cc1OC. The van der Waals surface area contributed by atoms with E-state index in [0.29, 0.717) is 18.0 Å². The molecule has 6 nitrogen and oxygen atoms in total. The predicted molar refractivity (Wildman–Crippen MR) is 93.7 cm³/mol. The van der Waals surface area contributed by atoms with Gasteiger partial charge in [0.2, 0.25) is 0 Å². The molecule has 0 aliphatic carbocycles. The Labute approximate surface area is 145 Å². The van der Waals surface area contributed by atoms with Gasteiger partial charge in [0, 0.05) is 10.9 Å². The van der Waals surface area contributed by atoms with Gasteiger partial charge in [-0.2, -0.15) is 0 Å². The van der Waals surface area contributed by atoms with Gasteiger partial charge in [0.15, 0.2) is 11.5 Å². The number of aromatic nitrogens is 1. The van der Waals surface area contributed by atoms with Crippen LogP contribution in [0.25, 0.3) is 11.3 Å². The fraction of sp³-hybridized carbons (Fsp3) is 0.412. The molecule has 0 saturated carbocycles. The zero-order valence-electron chi connectivity index (χ0n) is 14.5. The fourth-order valence-corrected chi connectivity index (χ4v) is 2.73. The molecule has 130 valence electrons. The number of nitrogens with one attached hydrogen (secondary N) is 1. The summed E-state index contributed by atoms with van der Waals surface area (Å²) < 4.78 is 15.7. The van der Waals surface area contributed by atoms with Gasteiger partial charge in [-0.1, -0.05) is 0 Å². The van der Waals surface area contributed by atoms with E-state index < -0.39 is 11.7 Å². The Morgan fingerprint density at radius 2 is 1.92 bits per heavy atom. The van der Waals surface area contributed by atoms with E-state index in [1.165, 1.54) is 11.3 Å². The summed E-state index contributed by atoms with van der Waals surface area (Å²) in [5, 5.41) is 5.44. The van der Waals surface area contributed by atoms with Crippen molar-refractivity contribution in [2.75, 3.05) is 14.2 Å². The molecule has 7 heteroatoms. The molecule has 0 radical (unpaired) electrons. The Balaban J connectivity index is 2.04. The number of carbonyl (C=O) groups is 1. The molecule has 1 amide bonds. The number of hydrogen-bond acceptors (Lipinski definition) is 6. The number of benzene rings is 1. The third-order valence-electron chi connectivity index (χ3n) is 3.01. The molecule has 2 aromatic rings. The van der Waals surface area contributed by atoms with Crippen molar-refractivity contribution < 1.29 is 19.0 Å². The van der Waals surface area contributed by atoms with E-state index in [9.17, 15) is 4.79 Å². The third kappa shape index (κ3) is 4.86. The number of amides is 1. The van der Waals surface area contributed by atoms with Gasteiger partial charge in [0.1, 0.15) is 10.6 Å². The molecular formula is C17H22N2O4S. The Kier molecular flexibility index (Phi) is 5.66. The van der Waals surface area contributed by atoms with E-state index >= 15 is 0 Å². The van der Waals surface area contributed by atoms with Crippen molar-refractivity contribution in [1.29, 1.82) is 0 Å². The molecule has 0 saturated heterocycles. The molecule has 0 spiro atoms. The predicted octanol–water partition coefficient (Wildman–Crippen LogP) is 3.85. The molecule has 0 atom stereocenters. The number of thiazole rings is 1. The largest absolute Gasteiger partial charge is 0.493 e. The molecule has 2 rings (SSSR count). The van der Waals surface area contributed by atoms with Crippen LogP contribution in [-0.2, 0) is 11.3 Å². The number of alkyl carbamates (subject to hydrolysis) is 1. The summed E-state index contributed by atoms with van der Waals surface area (Å²) in [7, 11) is 3.19. The Bertz CT molecular complexity index is 707. The van der Waals surface area contributed by atoms with Crippen LogP contribution in [0.5, 0.6) is 11.5 Å².